The highest BCUT2D eigenvalue weighted by atomic mass is 19.1. The number of oxime groups is 1. The predicted octanol–water partition coefficient (Wildman–Crippen LogP) is 3.62. The van der Waals surface area contributed by atoms with Gasteiger partial charge in [0.15, 0.2) is 0 Å². The van der Waals surface area contributed by atoms with Gasteiger partial charge in [-0.05, 0) is 37.6 Å². The molecule has 0 spiro atoms. The molecule has 31 heavy (non-hydrogen) atoms. The van der Waals surface area contributed by atoms with E-state index in [9.17, 15) is 9.50 Å². The highest BCUT2D eigenvalue weighted by Crippen LogP contribution is 2.21. The Morgan fingerprint density at radius 2 is 2.03 bits per heavy atom. The monoisotopic (exact) mass is 430 g/mol. The van der Waals surface area contributed by atoms with Gasteiger partial charge in [0, 0.05) is 31.6 Å². The van der Waals surface area contributed by atoms with Crippen molar-refractivity contribution >= 4 is 5.71 Å². The van der Waals surface area contributed by atoms with Crippen LogP contribution in [0.15, 0.2) is 53.7 Å². The molecular weight excluding hydrogens is 399 g/mol. The maximum Gasteiger partial charge on any atom is 0.145 e. The van der Waals surface area contributed by atoms with E-state index in [0.717, 1.165) is 11.3 Å². The molecule has 1 aliphatic heterocycles. The van der Waals surface area contributed by atoms with Crippen LogP contribution in [0.5, 0.6) is 5.75 Å². The summed E-state index contributed by atoms with van der Waals surface area (Å²) in [6.45, 7) is 5.69. The number of benzene rings is 2. The van der Waals surface area contributed by atoms with Crippen molar-refractivity contribution in [2.24, 2.45) is 5.16 Å². The quantitative estimate of drug-likeness (QED) is 0.590. The topological polar surface area (TPSA) is 63.5 Å². The van der Waals surface area contributed by atoms with E-state index in [1.807, 2.05) is 38.1 Å². The first-order valence-electron chi connectivity index (χ1n) is 10.6. The molecule has 6 nitrogen and oxygen atoms in total. The van der Waals surface area contributed by atoms with Crippen LogP contribution in [-0.2, 0) is 16.1 Å². The van der Waals surface area contributed by atoms with Gasteiger partial charge in [0.05, 0.1) is 31.6 Å². The van der Waals surface area contributed by atoms with Gasteiger partial charge in [-0.15, -0.1) is 0 Å². The molecule has 0 saturated heterocycles. The van der Waals surface area contributed by atoms with E-state index < -0.39 is 6.10 Å². The number of hydrogen-bond acceptors (Lipinski definition) is 6. The predicted molar refractivity (Wildman–Crippen MR) is 118 cm³/mol. The van der Waals surface area contributed by atoms with Crippen molar-refractivity contribution in [2.75, 3.05) is 26.8 Å². The van der Waals surface area contributed by atoms with Gasteiger partial charge in [-0.2, -0.15) is 0 Å². The van der Waals surface area contributed by atoms with Crippen LogP contribution in [0.3, 0.4) is 0 Å². The van der Waals surface area contributed by atoms with Gasteiger partial charge >= 0.3 is 0 Å². The molecule has 2 aromatic rings. The first kappa shape index (κ1) is 23.2. The van der Waals surface area contributed by atoms with Crippen LogP contribution in [0, 0.1) is 5.82 Å². The van der Waals surface area contributed by atoms with Crippen molar-refractivity contribution in [3.05, 3.63) is 65.5 Å². The number of nitrogens with zero attached hydrogens (tertiary/aromatic N) is 2. The number of rotatable bonds is 11. The molecule has 0 amide bonds. The molecule has 2 aromatic carbocycles. The molecule has 0 saturated carbocycles. The lowest BCUT2D eigenvalue weighted by Crippen LogP contribution is -2.39. The Kier molecular flexibility index (Phi) is 8.40. The SMILES string of the molecule is COc1cccc(CN(C[C@@H](O)COC(C)C)C[C@@H]2CC(c3ccccc3F)=NO2)c1. The van der Waals surface area contributed by atoms with Gasteiger partial charge < -0.3 is 19.4 Å². The zero-order chi connectivity index (χ0) is 22.2. The number of halogens is 1. The lowest BCUT2D eigenvalue weighted by Gasteiger charge is -2.27. The lowest BCUT2D eigenvalue weighted by molar-refractivity contribution is -0.0194. The molecule has 0 radical (unpaired) electrons. The second kappa shape index (κ2) is 11.2. The highest BCUT2D eigenvalue weighted by Gasteiger charge is 2.27. The summed E-state index contributed by atoms with van der Waals surface area (Å²) in [5, 5.41) is 14.6. The largest absolute Gasteiger partial charge is 0.497 e. The zero-order valence-electron chi connectivity index (χ0n) is 18.3. The van der Waals surface area contributed by atoms with Gasteiger partial charge in [0.2, 0.25) is 0 Å². The Bertz CT molecular complexity index is 874. The Morgan fingerprint density at radius 3 is 2.77 bits per heavy atom. The standard InChI is InChI=1S/C24H31FN2O4/c1-17(2)30-16-19(28)14-27(13-18-7-6-8-20(11-18)29-3)15-21-12-24(26-31-21)22-9-4-5-10-23(22)25/h4-11,17,19,21,28H,12-16H2,1-3H3/t19-,21+/m1/s1. The van der Waals surface area contributed by atoms with Crippen LogP contribution < -0.4 is 4.74 Å². The molecule has 7 heteroatoms. The maximum atomic E-state index is 14.1. The second-order valence-corrected chi connectivity index (χ2v) is 8.03. The number of aliphatic hydroxyl groups is 1. The Balaban J connectivity index is 1.65. The molecular formula is C24H31FN2O4. The molecule has 168 valence electrons. The molecule has 1 heterocycles. The molecule has 1 aliphatic rings. The highest BCUT2D eigenvalue weighted by molar-refractivity contribution is 6.01. The lowest BCUT2D eigenvalue weighted by atomic mass is 10.0. The third-order valence-corrected chi connectivity index (χ3v) is 5.01. The normalized spacial score (nSPS) is 17.0. The van der Waals surface area contributed by atoms with E-state index in [4.69, 9.17) is 14.3 Å². The Labute approximate surface area is 183 Å². The van der Waals surface area contributed by atoms with Crippen molar-refractivity contribution in [3.8, 4) is 5.75 Å². The molecule has 3 rings (SSSR count). The number of aliphatic hydroxyl groups excluding tert-OH is 1. The summed E-state index contributed by atoms with van der Waals surface area (Å²) in [6, 6.07) is 14.4. The molecule has 2 atom stereocenters. The van der Waals surface area contributed by atoms with E-state index >= 15 is 0 Å². The zero-order valence-corrected chi connectivity index (χ0v) is 18.3. The van der Waals surface area contributed by atoms with Gasteiger partial charge in [-0.25, -0.2) is 4.39 Å². The molecule has 1 N–H and O–H groups in total. The van der Waals surface area contributed by atoms with Gasteiger partial charge in [-0.3, -0.25) is 4.90 Å². The Hall–Kier alpha value is -2.48. The van der Waals surface area contributed by atoms with Crippen molar-refractivity contribution in [1.82, 2.24) is 4.90 Å². The summed E-state index contributed by atoms with van der Waals surface area (Å²) in [5.41, 5.74) is 2.13. The summed E-state index contributed by atoms with van der Waals surface area (Å²) in [7, 11) is 1.64. The molecule has 0 unspecified atom stereocenters. The number of ether oxygens (including phenoxy) is 2. The fraction of sp³-hybridized carbons (Fsp3) is 0.458. The Morgan fingerprint density at radius 1 is 1.23 bits per heavy atom. The number of methoxy groups -OCH3 is 1. The van der Waals surface area contributed by atoms with Gasteiger partial charge in [0.25, 0.3) is 0 Å². The van der Waals surface area contributed by atoms with E-state index in [-0.39, 0.29) is 24.6 Å². The minimum Gasteiger partial charge on any atom is -0.497 e. The minimum absolute atomic E-state index is 0.0522. The fourth-order valence-corrected chi connectivity index (χ4v) is 3.56. The van der Waals surface area contributed by atoms with Crippen molar-refractivity contribution in [1.29, 1.82) is 0 Å². The van der Waals surface area contributed by atoms with Crippen molar-refractivity contribution in [3.63, 3.8) is 0 Å². The third-order valence-electron chi connectivity index (χ3n) is 5.01. The van der Waals surface area contributed by atoms with Crippen LogP contribution in [0.2, 0.25) is 0 Å². The van der Waals surface area contributed by atoms with E-state index in [2.05, 4.69) is 10.1 Å². The van der Waals surface area contributed by atoms with Gasteiger partial charge in [-0.1, -0.05) is 35.5 Å². The molecule has 0 fully saturated rings. The van der Waals surface area contributed by atoms with Crippen molar-refractivity contribution < 1.29 is 23.8 Å². The van der Waals surface area contributed by atoms with Crippen LogP contribution >= 0.6 is 0 Å². The third kappa shape index (κ3) is 7.02. The number of hydrogen-bond donors (Lipinski definition) is 1. The molecule has 0 aromatic heterocycles. The van der Waals surface area contributed by atoms with Crippen LogP contribution in [0.4, 0.5) is 4.39 Å². The average Bonchev–Trinajstić information content (AvgIpc) is 3.21. The first-order chi connectivity index (χ1) is 14.9. The summed E-state index contributed by atoms with van der Waals surface area (Å²) in [6.07, 6.45) is -0.301. The molecule has 0 bridgehead atoms. The summed E-state index contributed by atoms with van der Waals surface area (Å²) in [5.74, 6) is 0.475. The van der Waals surface area contributed by atoms with E-state index in [1.54, 1.807) is 25.3 Å². The maximum absolute atomic E-state index is 14.1. The van der Waals surface area contributed by atoms with E-state index in [1.165, 1.54) is 6.07 Å². The first-order valence-corrected chi connectivity index (χ1v) is 10.6. The van der Waals surface area contributed by atoms with Gasteiger partial charge in [0.1, 0.15) is 17.7 Å². The van der Waals surface area contributed by atoms with E-state index in [0.29, 0.717) is 37.3 Å². The van der Waals surface area contributed by atoms with Crippen LogP contribution in [-0.4, -0.2) is 60.8 Å². The minimum atomic E-state index is -0.638. The van der Waals surface area contributed by atoms with Crippen LogP contribution in [0.25, 0.3) is 0 Å². The smallest absolute Gasteiger partial charge is 0.145 e. The summed E-state index contributed by atoms with van der Waals surface area (Å²) in [4.78, 5) is 7.71. The fourth-order valence-electron chi connectivity index (χ4n) is 3.56. The molecule has 0 aliphatic carbocycles. The average molecular weight is 431 g/mol. The summed E-state index contributed by atoms with van der Waals surface area (Å²) < 4.78 is 25.0. The summed E-state index contributed by atoms with van der Waals surface area (Å²) >= 11 is 0. The van der Waals surface area contributed by atoms with Crippen molar-refractivity contribution in [2.45, 2.75) is 45.1 Å². The second-order valence-electron chi connectivity index (χ2n) is 8.03. The van der Waals surface area contributed by atoms with Crippen LogP contribution in [0.1, 0.15) is 31.4 Å².